The van der Waals surface area contributed by atoms with Crippen molar-refractivity contribution in [2.45, 2.75) is 19.9 Å². The van der Waals surface area contributed by atoms with Crippen molar-refractivity contribution in [3.8, 4) is 5.75 Å². The third-order valence-corrected chi connectivity index (χ3v) is 2.24. The van der Waals surface area contributed by atoms with Gasteiger partial charge in [-0.25, -0.2) is 0 Å². The predicted molar refractivity (Wildman–Crippen MR) is 55.6 cm³/mol. The van der Waals surface area contributed by atoms with Crippen LogP contribution in [-0.2, 0) is 6.54 Å². The summed E-state index contributed by atoms with van der Waals surface area (Å²) in [5.74, 6) is -0.142. The molecule has 1 rings (SSSR count). The zero-order valence-corrected chi connectivity index (χ0v) is 8.58. The molecule has 0 aliphatic heterocycles. The molecule has 14 heavy (non-hydrogen) atoms. The van der Waals surface area contributed by atoms with Gasteiger partial charge < -0.3 is 15.0 Å². The molecule has 0 fully saturated rings. The normalized spacial score (nSPS) is 10.4. The molecule has 0 saturated heterocycles. The summed E-state index contributed by atoms with van der Waals surface area (Å²) in [6.07, 6.45) is 2.69. The predicted octanol–water partition coefficient (Wildman–Crippen LogP) is 0.472. The largest absolute Gasteiger partial charge is 0.503 e. The van der Waals surface area contributed by atoms with Gasteiger partial charge in [-0.1, -0.05) is 0 Å². The number of aromatic nitrogens is 1. The van der Waals surface area contributed by atoms with Gasteiger partial charge in [0, 0.05) is 18.8 Å². The molecular weight excluding hydrogens is 180 g/mol. The zero-order chi connectivity index (χ0) is 10.6. The topological polar surface area (TPSA) is 54.3 Å². The van der Waals surface area contributed by atoms with Crippen molar-refractivity contribution in [2.75, 3.05) is 13.6 Å². The summed E-state index contributed by atoms with van der Waals surface area (Å²) >= 11 is 0. The monoisotopic (exact) mass is 196 g/mol. The van der Waals surface area contributed by atoms with Crippen LogP contribution in [0.15, 0.2) is 17.1 Å². The minimum absolute atomic E-state index is 0.142. The van der Waals surface area contributed by atoms with Gasteiger partial charge in [0.05, 0.1) is 5.69 Å². The number of nitrogens with zero attached hydrogens (tertiary/aromatic N) is 1. The van der Waals surface area contributed by atoms with Crippen LogP contribution in [0, 0.1) is 6.92 Å². The summed E-state index contributed by atoms with van der Waals surface area (Å²) in [4.78, 5) is 11.0. The van der Waals surface area contributed by atoms with E-state index in [-0.39, 0.29) is 11.2 Å². The van der Waals surface area contributed by atoms with Crippen molar-refractivity contribution in [1.82, 2.24) is 9.88 Å². The number of aryl methyl sites for hydroxylation is 1. The molecule has 0 aliphatic carbocycles. The molecule has 0 radical (unpaired) electrons. The molecule has 0 bridgehead atoms. The average molecular weight is 196 g/mol. The van der Waals surface area contributed by atoms with Crippen molar-refractivity contribution in [3.63, 3.8) is 0 Å². The first-order valence-electron chi connectivity index (χ1n) is 4.70. The van der Waals surface area contributed by atoms with Crippen molar-refractivity contribution < 1.29 is 5.11 Å². The second kappa shape index (κ2) is 4.81. The summed E-state index contributed by atoms with van der Waals surface area (Å²) in [6, 6.07) is 1.39. The molecule has 1 aromatic heterocycles. The molecule has 4 nitrogen and oxygen atoms in total. The summed E-state index contributed by atoms with van der Waals surface area (Å²) < 4.78 is 1.88. The molecule has 0 aliphatic rings. The molecule has 78 valence electrons. The minimum atomic E-state index is -0.313. The van der Waals surface area contributed by atoms with E-state index in [9.17, 15) is 9.90 Å². The van der Waals surface area contributed by atoms with Crippen LogP contribution >= 0.6 is 0 Å². The number of hydrogen-bond acceptors (Lipinski definition) is 3. The van der Waals surface area contributed by atoms with E-state index < -0.39 is 0 Å². The maximum atomic E-state index is 11.0. The first-order chi connectivity index (χ1) is 6.66. The lowest BCUT2D eigenvalue weighted by atomic mass is 10.3. The molecule has 0 atom stereocenters. The summed E-state index contributed by atoms with van der Waals surface area (Å²) in [6.45, 7) is 3.48. The fourth-order valence-corrected chi connectivity index (χ4v) is 1.33. The Labute approximate surface area is 83.2 Å². The van der Waals surface area contributed by atoms with Crippen LogP contribution in [0.4, 0.5) is 0 Å². The van der Waals surface area contributed by atoms with Crippen LogP contribution < -0.4 is 10.7 Å². The smallest absolute Gasteiger partial charge is 0.223 e. The third kappa shape index (κ3) is 2.35. The maximum Gasteiger partial charge on any atom is 0.223 e. The van der Waals surface area contributed by atoms with Crippen LogP contribution in [-0.4, -0.2) is 23.3 Å². The average Bonchev–Trinajstić information content (AvgIpc) is 2.18. The molecule has 0 unspecified atom stereocenters. The van der Waals surface area contributed by atoms with Gasteiger partial charge in [0.1, 0.15) is 0 Å². The molecule has 0 saturated carbocycles. The number of pyridine rings is 1. The van der Waals surface area contributed by atoms with Crippen LogP contribution in [0.1, 0.15) is 12.1 Å². The Kier molecular flexibility index (Phi) is 3.71. The van der Waals surface area contributed by atoms with Gasteiger partial charge >= 0.3 is 0 Å². The van der Waals surface area contributed by atoms with Gasteiger partial charge in [-0.15, -0.1) is 0 Å². The number of nitrogens with one attached hydrogen (secondary N) is 1. The molecule has 0 aromatic carbocycles. The van der Waals surface area contributed by atoms with E-state index in [4.69, 9.17) is 0 Å². The Bertz CT molecular complexity index is 358. The molecular formula is C10H16N2O2. The van der Waals surface area contributed by atoms with E-state index in [0.717, 1.165) is 19.5 Å². The Morgan fingerprint density at radius 3 is 2.93 bits per heavy atom. The SMILES string of the molecule is CNCCCn1ccc(=O)c(O)c1C. The van der Waals surface area contributed by atoms with E-state index in [2.05, 4.69) is 5.32 Å². The quantitative estimate of drug-likeness (QED) is 0.688. The first kappa shape index (κ1) is 10.8. The van der Waals surface area contributed by atoms with Gasteiger partial charge in [0.25, 0.3) is 0 Å². The lowest BCUT2D eigenvalue weighted by Crippen LogP contribution is -2.14. The second-order valence-corrected chi connectivity index (χ2v) is 3.26. The van der Waals surface area contributed by atoms with Gasteiger partial charge in [-0.2, -0.15) is 0 Å². The Morgan fingerprint density at radius 1 is 1.57 bits per heavy atom. The first-order valence-corrected chi connectivity index (χ1v) is 4.70. The number of rotatable bonds is 4. The van der Waals surface area contributed by atoms with E-state index in [1.807, 2.05) is 11.6 Å². The summed E-state index contributed by atoms with van der Waals surface area (Å²) in [7, 11) is 1.90. The summed E-state index contributed by atoms with van der Waals surface area (Å²) in [5, 5.41) is 12.4. The number of aromatic hydroxyl groups is 1. The standard InChI is InChI=1S/C10H16N2O2/c1-8-10(14)9(13)4-7-12(8)6-3-5-11-2/h4,7,11,14H,3,5-6H2,1-2H3. The molecule has 2 N–H and O–H groups in total. The van der Waals surface area contributed by atoms with E-state index in [1.54, 1.807) is 13.1 Å². The van der Waals surface area contributed by atoms with Gasteiger partial charge in [-0.05, 0) is 26.9 Å². The highest BCUT2D eigenvalue weighted by Gasteiger charge is 2.03. The van der Waals surface area contributed by atoms with E-state index in [1.165, 1.54) is 6.07 Å². The number of hydrogen-bond donors (Lipinski definition) is 2. The highest BCUT2D eigenvalue weighted by atomic mass is 16.3. The zero-order valence-electron chi connectivity index (χ0n) is 8.58. The van der Waals surface area contributed by atoms with Crippen molar-refractivity contribution >= 4 is 0 Å². The molecule has 0 amide bonds. The fraction of sp³-hybridized carbons (Fsp3) is 0.500. The van der Waals surface area contributed by atoms with Crippen LogP contribution in [0.5, 0.6) is 5.75 Å². The highest BCUT2D eigenvalue weighted by Crippen LogP contribution is 2.09. The van der Waals surface area contributed by atoms with Crippen LogP contribution in [0.2, 0.25) is 0 Å². The van der Waals surface area contributed by atoms with E-state index >= 15 is 0 Å². The van der Waals surface area contributed by atoms with Crippen LogP contribution in [0.3, 0.4) is 0 Å². The maximum absolute atomic E-state index is 11.0. The van der Waals surface area contributed by atoms with Crippen molar-refractivity contribution in [2.24, 2.45) is 0 Å². The summed E-state index contributed by atoms with van der Waals surface area (Å²) in [5.41, 5.74) is 0.320. The van der Waals surface area contributed by atoms with Gasteiger partial charge in [0.2, 0.25) is 5.43 Å². The molecule has 1 aromatic rings. The molecule has 4 heteroatoms. The Morgan fingerprint density at radius 2 is 2.29 bits per heavy atom. The Balaban J connectivity index is 2.78. The second-order valence-electron chi connectivity index (χ2n) is 3.26. The minimum Gasteiger partial charge on any atom is -0.503 e. The highest BCUT2D eigenvalue weighted by molar-refractivity contribution is 5.25. The van der Waals surface area contributed by atoms with Crippen molar-refractivity contribution in [3.05, 3.63) is 28.2 Å². The van der Waals surface area contributed by atoms with Gasteiger partial charge in [-0.3, -0.25) is 4.79 Å². The third-order valence-electron chi connectivity index (χ3n) is 2.24. The lowest BCUT2D eigenvalue weighted by molar-refractivity contribution is 0.451. The fourth-order valence-electron chi connectivity index (χ4n) is 1.33. The molecule has 1 heterocycles. The van der Waals surface area contributed by atoms with Gasteiger partial charge in [0.15, 0.2) is 5.75 Å². The van der Waals surface area contributed by atoms with Crippen LogP contribution in [0.25, 0.3) is 0 Å². The van der Waals surface area contributed by atoms with Crippen molar-refractivity contribution in [1.29, 1.82) is 0 Å². The molecule has 0 spiro atoms. The Hall–Kier alpha value is -1.29. The lowest BCUT2D eigenvalue weighted by Gasteiger charge is -2.10. The van der Waals surface area contributed by atoms with E-state index in [0.29, 0.717) is 5.69 Å².